The number of hydrogen-bond donors (Lipinski definition) is 1. The Morgan fingerprint density at radius 1 is 1.14 bits per heavy atom. The second-order valence-corrected chi connectivity index (χ2v) is 6.21. The molecule has 0 bridgehead atoms. The van der Waals surface area contributed by atoms with Crippen molar-refractivity contribution in [1.82, 2.24) is 0 Å². The van der Waals surface area contributed by atoms with Gasteiger partial charge in [0.25, 0.3) is 0 Å². The molecule has 0 spiro atoms. The molecular formula is C18H21NO2S. The van der Waals surface area contributed by atoms with Gasteiger partial charge in [-0.2, -0.15) is 0 Å². The van der Waals surface area contributed by atoms with Crippen LogP contribution >= 0.6 is 11.8 Å². The summed E-state index contributed by atoms with van der Waals surface area (Å²) in [6, 6.07) is 17.6. The molecule has 0 aliphatic carbocycles. The number of nitrogens with one attached hydrogen (secondary N) is 1. The van der Waals surface area contributed by atoms with E-state index >= 15 is 0 Å². The Hall–Kier alpha value is -1.94. The summed E-state index contributed by atoms with van der Waals surface area (Å²) in [5.74, 6) is 1.66. The number of hydrogen-bond acceptors (Lipinski definition) is 3. The highest BCUT2D eigenvalue weighted by Gasteiger charge is 2.13. The molecule has 2 aromatic carbocycles. The van der Waals surface area contributed by atoms with Gasteiger partial charge in [-0.25, -0.2) is 0 Å². The van der Waals surface area contributed by atoms with Crippen molar-refractivity contribution < 1.29 is 9.53 Å². The second-order valence-electron chi connectivity index (χ2n) is 4.89. The highest BCUT2D eigenvalue weighted by molar-refractivity contribution is 7.99. The van der Waals surface area contributed by atoms with Crippen LogP contribution in [0.5, 0.6) is 5.75 Å². The van der Waals surface area contributed by atoms with Gasteiger partial charge in [0.2, 0.25) is 5.91 Å². The number of thioether (sulfide) groups is 1. The van der Waals surface area contributed by atoms with Gasteiger partial charge in [0.05, 0.1) is 11.9 Å². The van der Waals surface area contributed by atoms with Crippen molar-refractivity contribution in [1.29, 1.82) is 0 Å². The van der Waals surface area contributed by atoms with Gasteiger partial charge in [0.15, 0.2) is 0 Å². The van der Waals surface area contributed by atoms with Crippen molar-refractivity contribution in [3.63, 3.8) is 0 Å². The quantitative estimate of drug-likeness (QED) is 0.825. The molecule has 0 heterocycles. The fourth-order valence-corrected chi connectivity index (χ4v) is 2.76. The van der Waals surface area contributed by atoms with Crippen LogP contribution in [0, 0.1) is 0 Å². The first-order chi connectivity index (χ1) is 10.7. The summed E-state index contributed by atoms with van der Waals surface area (Å²) in [5, 5.41) is 2.83. The largest absolute Gasteiger partial charge is 0.494 e. The summed E-state index contributed by atoms with van der Waals surface area (Å²) in [7, 11) is 0. The Balaban J connectivity index is 1.83. The van der Waals surface area contributed by atoms with Gasteiger partial charge < -0.3 is 10.1 Å². The first kappa shape index (κ1) is 16.4. The molecule has 0 radical (unpaired) electrons. The lowest BCUT2D eigenvalue weighted by atomic mass is 10.2. The first-order valence-electron chi connectivity index (χ1n) is 7.38. The smallest absolute Gasteiger partial charge is 0.237 e. The number of amides is 1. The van der Waals surface area contributed by atoms with E-state index in [-0.39, 0.29) is 11.2 Å². The molecular weight excluding hydrogens is 294 g/mol. The van der Waals surface area contributed by atoms with E-state index in [0.29, 0.717) is 6.61 Å². The number of anilines is 1. The van der Waals surface area contributed by atoms with Gasteiger partial charge >= 0.3 is 0 Å². The van der Waals surface area contributed by atoms with Gasteiger partial charge in [-0.3, -0.25) is 4.79 Å². The van der Waals surface area contributed by atoms with Crippen molar-refractivity contribution in [3.8, 4) is 5.75 Å². The maximum absolute atomic E-state index is 12.2. The van der Waals surface area contributed by atoms with Crippen LogP contribution in [-0.4, -0.2) is 17.8 Å². The molecule has 0 fully saturated rings. The Morgan fingerprint density at radius 3 is 2.45 bits per heavy atom. The molecule has 0 saturated heterocycles. The SMILES string of the molecule is CCOc1ccc(NC(=O)C(C)SCc2ccccc2)cc1. The minimum Gasteiger partial charge on any atom is -0.494 e. The molecule has 3 nitrogen and oxygen atoms in total. The molecule has 116 valence electrons. The van der Waals surface area contributed by atoms with Crippen LogP contribution in [0.25, 0.3) is 0 Å². The number of ether oxygens (including phenoxy) is 1. The molecule has 1 amide bonds. The van der Waals surface area contributed by atoms with Crippen molar-refractivity contribution in [2.45, 2.75) is 24.9 Å². The summed E-state index contributed by atoms with van der Waals surface area (Å²) in [5.41, 5.74) is 2.02. The highest BCUT2D eigenvalue weighted by Crippen LogP contribution is 2.20. The number of carbonyl (C=O) groups excluding carboxylic acids is 1. The van der Waals surface area contributed by atoms with Crippen molar-refractivity contribution in [3.05, 3.63) is 60.2 Å². The van der Waals surface area contributed by atoms with Gasteiger partial charge in [0.1, 0.15) is 5.75 Å². The molecule has 1 unspecified atom stereocenters. The van der Waals surface area contributed by atoms with Gasteiger partial charge in [0, 0.05) is 11.4 Å². The number of carbonyl (C=O) groups is 1. The molecule has 2 aromatic rings. The minimum atomic E-state index is -0.105. The molecule has 0 saturated carbocycles. The first-order valence-corrected chi connectivity index (χ1v) is 8.43. The normalized spacial score (nSPS) is 11.7. The van der Waals surface area contributed by atoms with Crippen LogP contribution < -0.4 is 10.1 Å². The standard InChI is InChI=1S/C18H21NO2S/c1-3-21-17-11-9-16(10-12-17)19-18(20)14(2)22-13-15-7-5-4-6-8-15/h4-12,14H,3,13H2,1-2H3,(H,19,20). The van der Waals surface area contributed by atoms with E-state index in [1.165, 1.54) is 5.56 Å². The van der Waals surface area contributed by atoms with Crippen LogP contribution in [0.3, 0.4) is 0 Å². The Morgan fingerprint density at radius 2 is 1.82 bits per heavy atom. The van der Waals surface area contributed by atoms with Gasteiger partial charge in [-0.1, -0.05) is 30.3 Å². The molecule has 1 atom stereocenters. The van der Waals surface area contributed by atoms with E-state index < -0.39 is 0 Å². The Kier molecular flexibility index (Phi) is 6.34. The lowest BCUT2D eigenvalue weighted by Crippen LogP contribution is -2.22. The predicted molar refractivity (Wildman–Crippen MR) is 93.4 cm³/mol. The van der Waals surface area contributed by atoms with Crippen LogP contribution in [0.15, 0.2) is 54.6 Å². The highest BCUT2D eigenvalue weighted by atomic mass is 32.2. The molecule has 0 aliphatic rings. The topological polar surface area (TPSA) is 38.3 Å². The summed E-state index contributed by atoms with van der Waals surface area (Å²) in [6.07, 6.45) is 0. The molecule has 1 N–H and O–H groups in total. The van der Waals surface area contributed by atoms with E-state index in [9.17, 15) is 4.79 Å². The van der Waals surface area contributed by atoms with Crippen LogP contribution in [0.1, 0.15) is 19.4 Å². The van der Waals surface area contributed by atoms with Crippen molar-refractivity contribution in [2.24, 2.45) is 0 Å². The lowest BCUT2D eigenvalue weighted by Gasteiger charge is -2.12. The van der Waals surface area contributed by atoms with E-state index in [1.807, 2.05) is 56.3 Å². The zero-order chi connectivity index (χ0) is 15.8. The zero-order valence-electron chi connectivity index (χ0n) is 12.9. The zero-order valence-corrected chi connectivity index (χ0v) is 13.7. The fourth-order valence-electron chi connectivity index (χ4n) is 1.92. The third-order valence-electron chi connectivity index (χ3n) is 3.14. The summed E-state index contributed by atoms with van der Waals surface area (Å²) in [4.78, 5) is 12.2. The van der Waals surface area contributed by atoms with Gasteiger partial charge in [-0.05, 0) is 43.7 Å². The van der Waals surface area contributed by atoms with Crippen molar-refractivity contribution in [2.75, 3.05) is 11.9 Å². The minimum absolute atomic E-state index is 0.0186. The lowest BCUT2D eigenvalue weighted by molar-refractivity contribution is -0.115. The number of benzene rings is 2. The van der Waals surface area contributed by atoms with E-state index in [0.717, 1.165) is 17.2 Å². The van der Waals surface area contributed by atoms with Crippen LogP contribution in [-0.2, 0) is 10.5 Å². The molecule has 4 heteroatoms. The van der Waals surface area contributed by atoms with Crippen LogP contribution in [0.4, 0.5) is 5.69 Å². The average Bonchev–Trinajstić information content (AvgIpc) is 2.55. The monoisotopic (exact) mass is 315 g/mol. The summed E-state index contributed by atoms with van der Waals surface area (Å²) < 4.78 is 5.38. The number of rotatable bonds is 7. The second kappa shape index (κ2) is 8.49. The summed E-state index contributed by atoms with van der Waals surface area (Å²) >= 11 is 1.63. The average molecular weight is 315 g/mol. The molecule has 2 rings (SSSR count). The third-order valence-corrected chi connectivity index (χ3v) is 4.36. The molecule has 0 aromatic heterocycles. The van der Waals surface area contributed by atoms with E-state index in [1.54, 1.807) is 11.8 Å². The maximum atomic E-state index is 12.2. The fraction of sp³-hybridized carbons (Fsp3) is 0.278. The molecule has 0 aliphatic heterocycles. The summed E-state index contributed by atoms with van der Waals surface area (Å²) in [6.45, 7) is 4.51. The van der Waals surface area contributed by atoms with Crippen molar-refractivity contribution >= 4 is 23.4 Å². The molecule has 22 heavy (non-hydrogen) atoms. The Labute approximate surface area is 136 Å². The maximum Gasteiger partial charge on any atom is 0.237 e. The Bertz CT molecular complexity index is 584. The van der Waals surface area contributed by atoms with E-state index in [4.69, 9.17) is 4.74 Å². The predicted octanol–water partition coefficient (Wildman–Crippen LogP) is 4.35. The van der Waals surface area contributed by atoms with Crippen LogP contribution in [0.2, 0.25) is 0 Å². The van der Waals surface area contributed by atoms with E-state index in [2.05, 4.69) is 17.4 Å². The third kappa shape index (κ3) is 5.11. The van der Waals surface area contributed by atoms with Gasteiger partial charge in [-0.15, -0.1) is 11.8 Å².